The Morgan fingerprint density at radius 2 is 1.66 bits per heavy atom. The number of ether oxygens (including phenoxy) is 2. The van der Waals surface area contributed by atoms with E-state index in [9.17, 15) is 18.0 Å². The number of morpholine rings is 1. The van der Waals surface area contributed by atoms with Crippen LogP contribution < -0.4 is 20.3 Å². The maximum atomic E-state index is 13.1. The Morgan fingerprint density at radius 1 is 0.977 bits per heavy atom. The Kier molecular flexibility index (Phi) is 10.3. The molecule has 12 heteroatoms. The second-order valence-electron chi connectivity index (χ2n) is 12.3. The highest BCUT2D eigenvalue weighted by Gasteiger charge is 2.37. The third kappa shape index (κ3) is 8.73. The monoisotopic (exact) mass is 630 g/mol. The number of nitrogens with one attached hydrogen (secondary N) is 2. The van der Waals surface area contributed by atoms with Crippen LogP contribution in [0.2, 0.25) is 18.1 Å². The van der Waals surface area contributed by atoms with Crippen molar-refractivity contribution >= 4 is 31.5 Å². The Labute approximate surface area is 258 Å². The average molecular weight is 631 g/mol. The number of halogens is 3. The number of alkyl halides is 3. The van der Waals surface area contributed by atoms with Crippen molar-refractivity contribution in [2.24, 2.45) is 0 Å². The second-order valence-corrected chi connectivity index (χ2v) is 17.1. The van der Waals surface area contributed by atoms with E-state index in [1.54, 1.807) is 6.07 Å². The van der Waals surface area contributed by atoms with Gasteiger partial charge in [0.15, 0.2) is 8.32 Å². The summed E-state index contributed by atoms with van der Waals surface area (Å²) in [5.41, 5.74) is 2.33. The molecule has 8 nitrogen and oxygen atoms in total. The van der Waals surface area contributed by atoms with Crippen molar-refractivity contribution < 1.29 is 31.9 Å². The Balaban J connectivity index is 1.54. The first kappa shape index (κ1) is 33.3. The van der Waals surface area contributed by atoms with Crippen LogP contribution in [0.4, 0.5) is 35.2 Å². The summed E-state index contributed by atoms with van der Waals surface area (Å²) in [6.45, 7) is 16.3. The lowest BCUT2D eigenvalue weighted by Crippen LogP contribution is -2.41. The molecule has 1 saturated heterocycles. The molecule has 1 aromatic heterocycles. The molecule has 44 heavy (non-hydrogen) atoms. The maximum Gasteiger partial charge on any atom is 0.416 e. The van der Waals surface area contributed by atoms with E-state index in [-0.39, 0.29) is 10.7 Å². The van der Waals surface area contributed by atoms with Gasteiger partial charge in [-0.15, -0.1) is 0 Å². The molecule has 0 radical (unpaired) electrons. The third-order valence-corrected chi connectivity index (χ3v) is 12.5. The minimum atomic E-state index is -4.51. The van der Waals surface area contributed by atoms with Crippen LogP contribution in [-0.2, 0) is 15.3 Å². The van der Waals surface area contributed by atoms with Gasteiger partial charge in [-0.1, -0.05) is 32.9 Å². The number of benzene rings is 2. The van der Waals surface area contributed by atoms with Crippen molar-refractivity contribution in [3.8, 4) is 17.0 Å². The summed E-state index contributed by atoms with van der Waals surface area (Å²) in [6.07, 6.45) is -4.51. The van der Waals surface area contributed by atoms with Gasteiger partial charge in [0, 0.05) is 30.5 Å². The van der Waals surface area contributed by atoms with Gasteiger partial charge >= 0.3 is 12.2 Å². The highest BCUT2D eigenvalue weighted by molar-refractivity contribution is 6.74. The number of hydrogen-bond acceptors (Lipinski definition) is 6. The normalized spacial score (nSPS) is 14.3. The summed E-state index contributed by atoms with van der Waals surface area (Å²) in [4.78, 5) is 19.6. The average Bonchev–Trinajstić information content (AvgIpc) is 2.96. The van der Waals surface area contributed by atoms with E-state index in [2.05, 4.69) is 49.4 Å². The second kappa shape index (κ2) is 13.6. The van der Waals surface area contributed by atoms with Crippen molar-refractivity contribution in [3.63, 3.8) is 0 Å². The zero-order chi connectivity index (χ0) is 32.1. The summed E-state index contributed by atoms with van der Waals surface area (Å²) in [7, 11) is -1.92. The van der Waals surface area contributed by atoms with Gasteiger partial charge in [0.2, 0.25) is 5.88 Å². The topological polar surface area (TPSA) is 85.0 Å². The molecule has 2 amide bonds. The van der Waals surface area contributed by atoms with Crippen LogP contribution >= 0.6 is 0 Å². The van der Waals surface area contributed by atoms with Crippen molar-refractivity contribution in [3.05, 3.63) is 65.7 Å². The first-order valence-electron chi connectivity index (χ1n) is 14.6. The number of amides is 2. The number of anilines is 3. The fraction of sp³-hybridized carbons (Fsp3) is 0.438. The number of aryl methyl sites for hydroxylation is 1. The number of urea groups is 1. The first-order valence-corrected chi connectivity index (χ1v) is 17.5. The molecule has 1 aliphatic heterocycles. The largest absolute Gasteiger partial charge is 0.475 e. The SMILES string of the molecule is Cc1ccc(NC(=O)Nc2cccc(C(F)(F)F)c2)cc1-c1cc(OCCO[Si](C)(C)C(C)(C)C)nc(N2CCOCC2)c1. The van der Waals surface area contributed by atoms with Gasteiger partial charge in [-0.2, -0.15) is 18.2 Å². The molecule has 3 aromatic rings. The summed E-state index contributed by atoms with van der Waals surface area (Å²) in [5, 5.41) is 5.30. The Morgan fingerprint density at radius 3 is 2.32 bits per heavy atom. The number of carbonyl (C=O) groups is 1. The van der Waals surface area contributed by atoms with Gasteiger partial charge in [0.1, 0.15) is 12.4 Å². The van der Waals surface area contributed by atoms with E-state index < -0.39 is 26.1 Å². The van der Waals surface area contributed by atoms with Gasteiger partial charge in [0.25, 0.3) is 0 Å². The number of pyridine rings is 1. The van der Waals surface area contributed by atoms with Crippen molar-refractivity contribution in [1.29, 1.82) is 0 Å². The molecule has 0 spiro atoms. The van der Waals surface area contributed by atoms with E-state index in [1.165, 1.54) is 12.1 Å². The molecule has 1 fully saturated rings. The van der Waals surface area contributed by atoms with Crippen LogP contribution in [0.15, 0.2) is 54.6 Å². The van der Waals surface area contributed by atoms with Crippen LogP contribution in [0, 0.1) is 6.92 Å². The van der Waals surface area contributed by atoms with Crippen LogP contribution in [0.3, 0.4) is 0 Å². The molecular formula is C32H41F3N4O4Si. The maximum absolute atomic E-state index is 13.1. The fourth-order valence-corrected chi connectivity index (χ4v) is 5.44. The number of aromatic nitrogens is 1. The van der Waals surface area contributed by atoms with E-state index in [4.69, 9.17) is 18.9 Å². The first-order chi connectivity index (χ1) is 20.6. The highest BCUT2D eigenvalue weighted by atomic mass is 28.4. The van der Waals surface area contributed by atoms with E-state index in [1.807, 2.05) is 31.2 Å². The number of rotatable bonds is 9. The Hall–Kier alpha value is -3.61. The minimum absolute atomic E-state index is 0.0354. The molecule has 2 N–H and O–H groups in total. The number of carbonyl (C=O) groups excluding carboxylic acids is 1. The summed E-state index contributed by atoms with van der Waals surface area (Å²) in [6, 6.07) is 13.1. The van der Waals surface area contributed by atoms with E-state index >= 15 is 0 Å². The predicted molar refractivity (Wildman–Crippen MR) is 170 cm³/mol. The van der Waals surface area contributed by atoms with Gasteiger partial charge in [-0.3, -0.25) is 0 Å². The molecule has 0 aliphatic carbocycles. The highest BCUT2D eigenvalue weighted by Crippen LogP contribution is 2.37. The number of nitrogens with zero attached hydrogens (tertiary/aromatic N) is 2. The molecule has 1 aliphatic rings. The fourth-order valence-electron chi connectivity index (χ4n) is 4.41. The zero-order valence-electron chi connectivity index (χ0n) is 26.1. The molecule has 2 aromatic carbocycles. The number of hydrogen-bond donors (Lipinski definition) is 2. The van der Waals surface area contributed by atoms with Crippen LogP contribution in [-0.4, -0.2) is 58.8 Å². The van der Waals surface area contributed by atoms with E-state index in [0.29, 0.717) is 51.1 Å². The molecule has 0 unspecified atom stereocenters. The summed E-state index contributed by atoms with van der Waals surface area (Å²) >= 11 is 0. The van der Waals surface area contributed by atoms with Crippen molar-refractivity contribution in [2.45, 2.75) is 52.0 Å². The standard InChI is InChI=1S/C32H41F3N4O4Si/c1-22-10-11-26(37-30(40)36-25-9-7-8-24(20-25)32(33,34)35)21-27(22)23-18-28(39-12-14-41-15-13-39)38-29(19-23)42-16-17-43-44(5,6)31(2,3)4/h7-11,18-21H,12-17H2,1-6H3,(H2,36,37,40). The minimum Gasteiger partial charge on any atom is -0.475 e. The summed E-state index contributed by atoms with van der Waals surface area (Å²) in [5.74, 6) is 1.22. The molecule has 0 atom stereocenters. The van der Waals surface area contributed by atoms with Crippen LogP contribution in [0.1, 0.15) is 31.9 Å². The summed E-state index contributed by atoms with van der Waals surface area (Å²) < 4.78 is 57.2. The van der Waals surface area contributed by atoms with Crippen LogP contribution in [0.5, 0.6) is 5.88 Å². The lowest BCUT2D eigenvalue weighted by molar-refractivity contribution is -0.137. The zero-order valence-corrected chi connectivity index (χ0v) is 27.1. The van der Waals surface area contributed by atoms with Gasteiger partial charge in [0.05, 0.1) is 25.4 Å². The molecule has 238 valence electrons. The Bertz CT molecular complexity index is 1450. The third-order valence-electron chi connectivity index (χ3n) is 7.98. The predicted octanol–water partition coefficient (Wildman–Crippen LogP) is 7.96. The lowest BCUT2D eigenvalue weighted by Gasteiger charge is -2.36. The van der Waals surface area contributed by atoms with Crippen molar-refractivity contribution in [2.75, 3.05) is 55.1 Å². The molecular weight excluding hydrogens is 589 g/mol. The molecule has 4 rings (SSSR count). The smallest absolute Gasteiger partial charge is 0.416 e. The molecule has 0 bridgehead atoms. The van der Waals surface area contributed by atoms with E-state index in [0.717, 1.165) is 34.6 Å². The van der Waals surface area contributed by atoms with Crippen LogP contribution in [0.25, 0.3) is 11.1 Å². The van der Waals surface area contributed by atoms with Gasteiger partial charge in [-0.05, 0) is 78.1 Å². The lowest BCUT2D eigenvalue weighted by atomic mass is 10.0. The molecule has 0 saturated carbocycles. The quantitative estimate of drug-likeness (QED) is 0.184. The van der Waals surface area contributed by atoms with Gasteiger partial charge < -0.3 is 29.4 Å². The molecule has 2 heterocycles. The van der Waals surface area contributed by atoms with Gasteiger partial charge in [-0.25, -0.2) is 4.79 Å². The van der Waals surface area contributed by atoms with Crippen molar-refractivity contribution in [1.82, 2.24) is 4.98 Å².